The van der Waals surface area contributed by atoms with Gasteiger partial charge in [-0.25, -0.2) is 14.6 Å². The number of nitrogens with zero attached hydrogens (tertiary/aromatic N) is 6. The molecule has 0 unspecified atom stereocenters. The number of primary amides is 1. The zero-order chi connectivity index (χ0) is 19.4. The van der Waals surface area contributed by atoms with Crippen LogP contribution in [0.2, 0.25) is 0 Å². The number of fused-ring (bicyclic) bond motifs is 2. The van der Waals surface area contributed by atoms with Crippen molar-refractivity contribution in [1.82, 2.24) is 29.0 Å². The maximum absolute atomic E-state index is 11.6. The molecule has 2 N–H and O–H groups in total. The highest BCUT2D eigenvalue weighted by Crippen LogP contribution is 2.30. The van der Waals surface area contributed by atoms with E-state index in [1.54, 1.807) is 23.0 Å². The SMILES string of the molecule is Cc1nc(-n2ncc3ccc(C(N)=O)cc32)cn2cc([C@H]3CCCN3C)nc12. The number of imidazole rings is 1. The number of carbonyl (C=O) groups excluding carboxylic acids is 1. The van der Waals surface area contributed by atoms with E-state index in [-0.39, 0.29) is 0 Å². The van der Waals surface area contributed by atoms with Gasteiger partial charge in [0, 0.05) is 17.1 Å². The minimum Gasteiger partial charge on any atom is -0.366 e. The molecule has 1 saturated heterocycles. The van der Waals surface area contributed by atoms with Gasteiger partial charge in [0.05, 0.1) is 35.3 Å². The van der Waals surface area contributed by atoms with Crippen LogP contribution in [0.15, 0.2) is 36.8 Å². The van der Waals surface area contributed by atoms with Crippen molar-refractivity contribution < 1.29 is 4.79 Å². The fraction of sp³-hybridized carbons (Fsp3) is 0.300. The Morgan fingerprint density at radius 1 is 1.25 bits per heavy atom. The van der Waals surface area contributed by atoms with Crippen LogP contribution < -0.4 is 5.73 Å². The average Bonchev–Trinajstić information content (AvgIpc) is 3.38. The zero-order valence-corrected chi connectivity index (χ0v) is 15.8. The summed E-state index contributed by atoms with van der Waals surface area (Å²) in [7, 11) is 2.14. The number of hydrogen-bond acceptors (Lipinski definition) is 5. The summed E-state index contributed by atoms with van der Waals surface area (Å²) in [5, 5.41) is 5.39. The second-order valence-corrected chi connectivity index (χ2v) is 7.41. The van der Waals surface area contributed by atoms with Gasteiger partial charge in [0.1, 0.15) is 0 Å². The van der Waals surface area contributed by atoms with Gasteiger partial charge in [-0.2, -0.15) is 5.10 Å². The Labute approximate surface area is 161 Å². The molecule has 1 fully saturated rings. The molecule has 0 bridgehead atoms. The third kappa shape index (κ3) is 2.56. The number of rotatable bonds is 3. The first-order chi connectivity index (χ1) is 13.5. The van der Waals surface area contributed by atoms with Crippen LogP contribution in [0.5, 0.6) is 0 Å². The number of amides is 1. The van der Waals surface area contributed by atoms with Crippen molar-refractivity contribution >= 4 is 22.5 Å². The maximum atomic E-state index is 11.6. The van der Waals surface area contributed by atoms with Crippen LogP contribution in [-0.2, 0) is 0 Å². The molecule has 5 rings (SSSR count). The predicted octanol–water partition coefficient (Wildman–Crippen LogP) is 2.24. The molecule has 3 aromatic heterocycles. The Morgan fingerprint density at radius 2 is 2.11 bits per heavy atom. The largest absolute Gasteiger partial charge is 0.366 e. The van der Waals surface area contributed by atoms with Crippen molar-refractivity contribution in [2.75, 3.05) is 13.6 Å². The first-order valence-electron chi connectivity index (χ1n) is 9.36. The van der Waals surface area contributed by atoms with Crippen molar-refractivity contribution in [2.24, 2.45) is 5.73 Å². The molecule has 8 heteroatoms. The monoisotopic (exact) mass is 375 g/mol. The number of carbonyl (C=O) groups is 1. The summed E-state index contributed by atoms with van der Waals surface area (Å²) in [5.41, 5.74) is 9.43. The summed E-state index contributed by atoms with van der Waals surface area (Å²) in [6.45, 7) is 3.05. The number of likely N-dealkylation sites (tertiary alicyclic amines) is 1. The van der Waals surface area contributed by atoms with E-state index in [4.69, 9.17) is 15.7 Å². The fourth-order valence-corrected chi connectivity index (χ4v) is 4.05. The summed E-state index contributed by atoms with van der Waals surface area (Å²) >= 11 is 0. The van der Waals surface area contributed by atoms with Crippen LogP contribution in [0.3, 0.4) is 0 Å². The molecule has 8 nitrogen and oxygen atoms in total. The topological polar surface area (TPSA) is 94.3 Å². The van der Waals surface area contributed by atoms with Crippen molar-refractivity contribution in [3.8, 4) is 5.82 Å². The summed E-state index contributed by atoms with van der Waals surface area (Å²) in [6, 6.07) is 5.65. The number of hydrogen-bond donors (Lipinski definition) is 1. The van der Waals surface area contributed by atoms with Gasteiger partial charge in [0.15, 0.2) is 11.5 Å². The van der Waals surface area contributed by atoms with Crippen LogP contribution in [-0.4, -0.2) is 48.5 Å². The highest BCUT2D eigenvalue weighted by Gasteiger charge is 2.25. The maximum Gasteiger partial charge on any atom is 0.248 e. The lowest BCUT2D eigenvalue weighted by molar-refractivity contribution is 0.100. The fourth-order valence-electron chi connectivity index (χ4n) is 4.05. The smallest absolute Gasteiger partial charge is 0.248 e. The minimum atomic E-state index is -0.464. The molecule has 4 heterocycles. The van der Waals surface area contributed by atoms with Gasteiger partial charge in [-0.1, -0.05) is 6.07 Å². The van der Waals surface area contributed by atoms with Crippen molar-refractivity contribution in [3.63, 3.8) is 0 Å². The molecule has 1 atom stereocenters. The van der Waals surface area contributed by atoms with Gasteiger partial charge in [0.2, 0.25) is 5.91 Å². The van der Waals surface area contributed by atoms with E-state index in [1.165, 1.54) is 6.42 Å². The Morgan fingerprint density at radius 3 is 2.86 bits per heavy atom. The molecule has 4 aromatic rings. The number of aryl methyl sites for hydroxylation is 1. The van der Waals surface area contributed by atoms with Crippen LogP contribution in [0, 0.1) is 6.92 Å². The van der Waals surface area contributed by atoms with Gasteiger partial charge >= 0.3 is 0 Å². The number of aromatic nitrogens is 5. The lowest BCUT2D eigenvalue weighted by atomic mass is 10.1. The first-order valence-corrected chi connectivity index (χ1v) is 9.36. The van der Waals surface area contributed by atoms with Crippen molar-refractivity contribution in [2.45, 2.75) is 25.8 Å². The molecule has 28 heavy (non-hydrogen) atoms. The number of benzene rings is 1. The normalized spacial score (nSPS) is 17.7. The summed E-state index contributed by atoms with van der Waals surface area (Å²) in [5.74, 6) is 0.208. The molecular weight excluding hydrogens is 354 g/mol. The Kier molecular flexibility index (Phi) is 3.70. The van der Waals surface area contributed by atoms with Gasteiger partial charge in [-0.05, 0) is 45.5 Å². The Bertz CT molecular complexity index is 1220. The molecule has 142 valence electrons. The zero-order valence-electron chi connectivity index (χ0n) is 15.8. The second kappa shape index (κ2) is 6.13. The van der Waals surface area contributed by atoms with Crippen LogP contribution in [0.25, 0.3) is 22.4 Å². The lowest BCUT2D eigenvalue weighted by Gasteiger charge is -2.16. The lowest BCUT2D eigenvalue weighted by Crippen LogP contribution is -2.17. The first kappa shape index (κ1) is 16.9. The summed E-state index contributed by atoms with van der Waals surface area (Å²) in [4.78, 5) is 23.5. The van der Waals surface area contributed by atoms with E-state index in [1.807, 2.05) is 23.6 Å². The standard InChI is InChI=1S/C20H21N7O/c1-12-20-24-15(16-4-3-7-25(16)2)10-26(20)11-18(23-12)27-17-8-13(19(21)28)5-6-14(17)9-22-27/h5-6,8-11,16H,3-4,7H2,1-2H3,(H2,21,28)/t16-/m1/s1. The van der Waals surface area contributed by atoms with Crippen LogP contribution in [0.4, 0.5) is 0 Å². The van der Waals surface area contributed by atoms with Crippen molar-refractivity contribution in [1.29, 1.82) is 0 Å². The van der Waals surface area contributed by atoms with E-state index in [0.717, 1.165) is 40.9 Å². The highest BCUT2D eigenvalue weighted by molar-refractivity contribution is 5.97. The molecular formula is C20H21N7O. The van der Waals surface area contributed by atoms with Gasteiger partial charge in [0.25, 0.3) is 0 Å². The number of nitrogens with two attached hydrogens (primary N) is 1. The molecule has 0 radical (unpaired) electrons. The molecule has 0 aliphatic carbocycles. The third-order valence-electron chi connectivity index (χ3n) is 5.55. The second-order valence-electron chi connectivity index (χ2n) is 7.41. The highest BCUT2D eigenvalue weighted by atomic mass is 16.1. The molecule has 1 aliphatic rings. The Balaban J connectivity index is 1.64. The van der Waals surface area contributed by atoms with E-state index >= 15 is 0 Å². The average molecular weight is 375 g/mol. The van der Waals surface area contributed by atoms with E-state index in [0.29, 0.717) is 17.4 Å². The third-order valence-corrected chi connectivity index (χ3v) is 5.55. The predicted molar refractivity (Wildman–Crippen MR) is 105 cm³/mol. The van der Waals surface area contributed by atoms with E-state index < -0.39 is 5.91 Å². The van der Waals surface area contributed by atoms with Gasteiger partial charge in [-0.15, -0.1) is 0 Å². The molecule has 0 saturated carbocycles. The molecule has 1 aliphatic heterocycles. The van der Waals surface area contributed by atoms with Gasteiger partial charge in [-0.3, -0.25) is 9.69 Å². The molecule has 1 amide bonds. The van der Waals surface area contributed by atoms with Crippen molar-refractivity contribution in [3.05, 3.63) is 53.7 Å². The quantitative estimate of drug-likeness (QED) is 0.593. The van der Waals surface area contributed by atoms with Crippen LogP contribution in [0.1, 0.15) is 40.6 Å². The Hall–Kier alpha value is -3.26. The van der Waals surface area contributed by atoms with Crippen LogP contribution >= 0.6 is 0 Å². The van der Waals surface area contributed by atoms with E-state index in [2.05, 4.69) is 23.2 Å². The van der Waals surface area contributed by atoms with Gasteiger partial charge < -0.3 is 10.1 Å². The van der Waals surface area contributed by atoms with E-state index in [9.17, 15) is 4.79 Å². The molecule has 0 spiro atoms. The molecule has 1 aromatic carbocycles. The minimum absolute atomic E-state index is 0.353. The summed E-state index contributed by atoms with van der Waals surface area (Å²) in [6.07, 6.45) is 8.09. The summed E-state index contributed by atoms with van der Waals surface area (Å²) < 4.78 is 3.75.